The van der Waals surface area contributed by atoms with Crippen LogP contribution in [0.2, 0.25) is 0 Å². The SMILES string of the molecule is [2H]C1([2H])Oc2ccc(/C=C/C(=O)C(C([2H])([2H])[2H])(C([2H])([2H])[2H])C([2H])([2H])[2H])cc2O1.[2H]C1([2H])Oc2ccc(/C=C/C([2H])(O)C(C([2H])([2H])[2H])(C([2H])([2H])[2H])C([2H])([2H])[2H])cc2O1. The van der Waals surface area contributed by atoms with Gasteiger partial charge in [-0.05, 0) is 46.9 Å². The van der Waals surface area contributed by atoms with E-state index < -0.39 is 77.3 Å². The van der Waals surface area contributed by atoms with E-state index in [0.29, 0.717) is 12.2 Å². The van der Waals surface area contributed by atoms with E-state index in [1.165, 1.54) is 36.4 Å². The van der Waals surface area contributed by atoms with Crippen molar-refractivity contribution < 1.29 is 60.4 Å². The molecular formula is C28H34O6. The van der Waals surface area contributed by atoms with Crippen molar-refractivity contribution in [2.45, 2.75) is 47.2 Å². The lowest BCUT2D eigenvalue weighted by molar-refractivity contribution is -0.121. The van der Waals surface area contributed by atoms with Gasteiger partial charge < -0.3 is 24.1 Å². The maximum absolute atomic E-state index is 12.6. The third-order valence-electron chi connectivity index (χ3n) is 4.16. The Morgan fingerprint density at radius 3 is 1.97 bits per heavy atom. The van der Waals surface area contributed by atoms with Crippen LogP contribution in [-0.4, -0.2) is 30.5 Å². The lowest BCUT2D eigenvalue weighted by atomic mass is 9.89. The van der Waals surface area contributed by atoms with Crippen LogP contribution in [0.25, 0.3) is 12.2 Å². The van der Waals surface area contributed by atoms with Crippen LogP contribution in [0.4, 0.5) is 0 Å². The molecule has 2 aliphatic heterocycles. The van der Waals surface area contributed by atoms with Crippen LogP contribution in [-0.2, 0) is 4.79 Å². The molecule has 182 valence electrons. The van der Waals surface area contributed by atoms with Gasteiger partial charge >= 0.3 is 0 Å². The lowest BCUT2D eigenvalue weighted by Crippen LogP contribution is -2.23. The van der Waals surface area contributed by atoms with Gasteiger partial charge in [0.15, 0.2) is 28.8 Å². The highest BCUT2D eigenvalue weighted by Crippen LogP contribution is 2.34. The molecule has 1 unspecified atom stereocenters. The minimum atomic E-state index is -3.80. The quantitative estimate of drug-likeness (QED) is 0.541. The van der Waals surface area contributed by atoms with Gasteiger partial charge in [-0.3, -0.25) is 4.79 Å². The molecule has 0 bridgehead atoms. The number of ketones is 1. The Morgan fingerprint density at radius 2 is 1.44 bits per heavy atom. The summed E-state index contributed by atoms with van der Waals surface area (Å²) in [7, 11) is 0. The second kappa shape index (κ2) is 10.3. The molecule has 1 atom stereocenters. The average molecular weight is 490 g/mol. The van der Waals surface area contributed by atoms with Crippen molar-refractivity contribution >= 4 is 17.9 Å². The maximum Gasteiger partial charge on any atom is 0.231 e. The zero-order chi connectivity index (χ0) is 44.4. The number of carbonyl (C=O) groups excluding carboxylic acids is 1. The van der Waals surface area contributed by atoms with E-state index in [1.54, 1.807) is 0 Å². The van der Waals surface area contributed by atoms with Crippen molar-refractivity contribution in [1.29, 1.82) is 0 Å². The van der Waals surface area contributed by atoms with Gasteiger partial charge in [0.2, 0.25) is 13.5 Å². The standard InChI is InChI=1S/C14H18O3.C14H16O3/c2*1-14(2,3)13(15)7-5-10-4-6-11-12(8-10)17-9-16-11/h4-8,13,15H,9H2,1-3H3;4-8H,9H2,1-3H3/b2*7-5+/i1D3,2D3,3D3,9D2,13D;1D3,2D3,3D3,9D2. The minimum Gasteiger partial charge on any atom is -0.454 e. The van der Waals surface area contributed by atoms with Crippen LogP contribution in [0.1, 0.15) is 83.8 Å². The van der Waals surface area contributed by atoms with Crippen LogP contribution in [0.15, 0.2) is 48.6 Å². The first-order chi connectivity index (χ1) is 25.2. The summed E-state index contributed by atoms with van der Waals surface area (Å²) >= 11 is 0. The van der Waals surface area contributed by atoms with Crippen molar-refractivity contribution in [3.63, 3.8) is 0 Å². The number of aliphatic hydroxyl groups is 1. The lowest BCUT2D eigenvalue weighted by Gasteiger charge is -2.22. The predicted molar refractivity (Wildman–Crippen MR) is 133 cm³/mol. The van der Waals surface area contributed by atoms with Gasteiger partial charge in [0.25, 0.3) is 0 Å². The van der Waals surface area contributed by atoms with E-state index in [4.69, 9.17) is 50.5 Å². The Labute approximate surface area is 234 Å². The van der Waals surface area contributed by atoms with Gasteiger partial charge in [-0.2, -0.15) is 0 Å². The molecule has 2 heterocycles. The molecule has 0 fully saturated rings. The number of fused-ring (bicyclic) bond motifs is 2. The molecule has 6 nitrogen and oxygen atoms in total. The molecule has 0 amide bonds. The molecule has 0 radical (unpaired) electrons. The smallest absolute Gasteiger partial charge is 0.231 e. The molecule has 6 heteroatoms. The third kappa shape index (κ3) is 6.87. The number of hydrogen-bond donors (Lipinski definition) is 1. The van der Waals surface area contributed by atoms with E-state index in [0.717, 1.165) is 12.2 Å². The van der Waals surface area contributed by atoms with E-state index >= 15 is 0 Å². The Kier molecular flexibility index (Phi) is 2.66. The number of benzene rings is 2. The van der Waals surface area contributed by atoms with Gasteiger partial charge in [-0.25, -0.2) is 0 Å². The van der Waals surface area contributed by atoms with Crippen LogP contribution in [0, 0.1) is 10.8 Å². The molecule has 4 rings (SSSR count). The van der Waals surface area contributed by atoms with Crippen molar-refractivity contribution in [3.05, 3.63) is 59.7 Å². The minimum absolute atomic E-state index is 0.00771. The molecule has 2 aromatic carbocycles. The first-order valence-corrected chi connectivity index (χ1v) is 9.36. The van der Waals surface area contributed by atoms with Crippen molar-refractivity contribution in [2.75, 3.05) is 13.5 Å². The number of carbonyl (C=O) groups is 1. The molecule has 0 spiro atoms. The summed E-state index contributed by atoms with van der Waals surface area (Å²) in [5.41, 5.74) is -7.04. The highest BCUT2D eigenvalue weighted by Gasteiger charge is 2.20. The highest BCUT2D eigenvalue weighted by atomic mass is 16.7. The van der Waals surface area contributed by atoms with Crippen LogP contribution in [0.5, 0.6) is 23.0 Å². The Morgan fingerprint density at radius 1 is 0.912 bits per heavy atom. The molecule has 0 saturated carbocycles. The van der Waals surface area contributed by atoms with Crippen molar-refractivity contribution in [3.8, 4) is 23.0 Å². The van der Waals surface area contributed by atoms with Gasteiger partial charge in [-0.1, -0.05) is 71.5 Å². The van der Waals surface area contributed by atoms with Crippen LogP contribution >= 0.6 is 0 Å². The van der Waals surface area contributed by atoms with Gasteiger partial charge in [0.1, 0.15) is 5.48 Å². The summed E-state index contributed by atoms with van der Waals surface area (Å²) in [6, 6.07) is 7.83. The summed E-state index contributed by atoms with van der Waals surface area (Å²) in [5, 5.41) is 10.6. The molecule has 2 aliphatic rings. The maximum atomic E-state index is 12.6. The summed E-state index contributed by atoms with van der Waals surface area (Å²) in [4.78, 5) is 12.6. The summed E-state index contributed by atoms with van der Waals surface area (Å²) in [6.45, 7) is -26.9. The predicted octanol–water partition coefficient (Wildman–Crippen LogP) is 5.88. The van der Waals surface area contributed by atoms with Gasteiger partial charge in [-0.15, -0.1) is 0 Å². The Bertz CT molecular complexity index is 1800. The molecule has 0 aromatic heterocycles. The van der Waals surface area contributed by atoms with E-state index in [-0.39, 0.29) is 34.1 Å². The van der Waals surface area contributed by atoms with E-state index in [9.17, 15) is 9.90 Å². The second-order valence-corrected chi connectivity index (χ2v) is 6.90. The normalized spacial score (nSPS) is 31.5. The first kappa shape index (κ1) is 8.76. The monoisotopic (exact) mass is 489 g/mol. The Hall–Kier alpha value is -3.25. The van der Waals surface area contributed by atoms with Crippen molar-refractivity contribution in [1.82, 2.24) is 0 Å². The average Bonchev–Trinajstić information content (AvgIpc) is 3.42. The van der Waals surface area contributed by atoms with Crippen LogP contribution < -0.4 is 18.9 Å². The fourth-order valence-electron chi connectivity index (χ4n) is 2.40. The van der Waals surface area contributed by atoms with E-state index in [2.05, 4.69) is 0 Å². The zero-order valence-electron chi connectivity index (χ0n) is 40.3. The molecule has 2 aromatic rings. The largest absolute Gasteiger partial charge is 0.454 e. The van der Waals surface area contributed by atoms with Gasteiger partial charge in [0.05, 0.1) is 7.45 Å². The summed E-state index contributed by atoms with van der Waals surface area (Å²) < 4.78 is 192. The van der Waals surface area contributed by atoms with E-state index in [1.807, 2.05) is 0 Å². The molecule has 0 saturated heterocycles. The fourth-order valence-corrected chi connectivity index (χ4v) is 2.40. The topological polar surface area (TPSA) is 74.2 Å². The fraction of sp³-hybridized carbons (Fsp3) is 0.393. The number of allylic oxidation sites excluding steroid dienone is 1. The zero-order valence-corrected chi connectivity index (χ0v) is 17.3. The number of ether oxygens (including phenoxy) is 4. The number of hydrogen-bond acceptors (Lipinski definition) is 6. The molecule has 0 aliphatic carbocycles. The number of rotatable bonds is 4. The molecule has 1 N–H and O–H groups in total. The summed E-state index contributed by atoms with van der Waals surface area (Å²) in [6.07, 6.45) is -0.540. The third-order valence-corrected chi connectivity index (χ3v) is 4.16. The molecule has 34 heavy (non-hydrogen) atoms. The summed E-state index contributed by atoms with van der Waals surface area (Å²) in [5.74, 6) is -1.46. The second-order valence-electron chi connectivity index (χ2n) is 6.90. The Balaban J connectivity index is 0.000000306. The molecular weight excluding hydrogens is 432 g/mol. The first-order valence-electron chi connectivity index (χ1n) is 20.9. The van der Waals surface area contributed by atoms with Crippen molar-refractivity contribution in [2.24, 2.45) is 10.8 Å². The van der Waals surface area contributed by atoms with Crippen LogP contribution in [0.3, 0.4) is 0 Å². The van der Waals surface area contributed by atoms with Gasteiger partial charge in [0, 0.05) is 30.1 Å². The highest BCUT2D eigenvalue weighted by molar-refractivity contribution is 5.97.